The van der Waals surface area contributed by atoms with E-state index in [1.165, 1.54) is 44.9 Å². The van der Waals surface area contributed by atoms with E-state index in [0.29, 0.717) is 5.41 Å². The van der Waals surface area contributed by atoms with Crippen LogP contribution in [0.2, 0.25) is 0 Å². The van der Waals surface area contributed by atoms with Crippen molar-refractivity contribution in [2.75, 3.05) is 0 Å². The third-order valence-electron chi connectivity index (χ3n) is 5.67. The Hall–Kier alpha value is -0.0400. The highest BCUT2D eigenvalue weighted by molar-refractivity contribution is 4.94. The molecule has 2 aliphatic rings. The quantitative estimate of drug-likeness (QED) is 0.768. The summed E-state index contributed by atoms with van der Waals surface area (Å²) in [5, 5.41) is 4.02. The van der Waals surface area contributed by atoms with E-state index >= 15 is 0 Å². The van der Waals surface area contributed by atoms with Gasteiger partial charge in [0.2, 0.25) is 0 Å². The Balaban J connectivity index is 1.92. The van der Waals surface area contributed by atoms with Crippen LogP contribution in [0, 0.1) is 17.3 Å². The number of nitrogens with one attached hydrogen (secondary N) is 1. The maximum absolute atomic E-state index is 4.02. The van der Waals surface area contributed by atoms with E-state index in [1.807, 2.05) is 0 Å². The molecular weight excluding hydrogens is 206 g/mol. The molecule has 4 atom stereocenters. The van der Waals surface area contributed by atoms with Crippen LogP contribution >= 0.6 is 0 Å². The van der Waals surface area contributed by atoms with Gasteiger partial charge in [0, 0.05) is 12.1 Å². The van der Waals surface area contributed by atoms with Crippen LogP contribution < -0.4 is 5.32 Å². The minimum absolute atomic E-state index is 0.516. The molecule has 2 rings (SSSR count). The summed E-state index contributed by atoms with van der Waals surface area (Å²) >= 11 is 0. The molecule has 0 aliphatic heterocycles. The molecule has 2 fully saturated rings. The smallest absolute Gasteiger partial charge is 0.0121 e. The van der Waals surface area contributed by atoms with Crippen molar-refractivity contribution in [2.24, 2.45) is 17.3 Å². The highest BCUT2D eigenvalue weighted by atomic mass is 15.0. The first-order valence-electron chi connectivity index (χ1n) is 7.80. The van der Waals surface area contributed by atoms with Gasteiger partial charge >= 0.3 is 0 Å². The molecule has 2 aliphatic carbocycles. The van der Waals surface area contributed by atoms with Crippen LogP contribution in [0.3, 0.4) is 0 Å². The molecule has 0 aromatic carbocycles. The van der Waals surface area contributed by atoms with Crippen molar-refractivity contribution >= 4 is 0 Å². The summed E-state index contributed by atoms with van der Waals surface area (Å²) in [6.07, 6.45) is 9.89. The Bertz CT molecular complexity index is 246. The Kier molecular flexibility index (Phi) is 4.18. The zero-order valence-electron chi connectivity index (χ0n) is 12.3. The lowest BCUT2D eigenvalue weighted by atomic mass is 9.73. The Morgan fingerprint density at radius 3 is 2.47 bits per heavy atom. The molecule has 4 unspecified atom stereocenters. The summed E-state index contributed by atoms with van der Waals surface area (Å²) in [4.78, 5) is 0. The SMILES string of the molecule is CCC1CCC(NC2CCCCC2(C)C)C1C. The van der Waals surface area contributed by atoms with E-state index in [9.17, 15) is 0 Å². The summed E-state index contributed by atoms with van der Waals surface area (Å²) in [5.41, 5.74) is 0.516. The average molecular weight is 237 g/mol. The lowest BCUT2D eigenvalue weighted by Crippen LogP contribution is -2.49. The molecular formula is C16H31N. The molecule has 0 saturated heterocycles. The van der Waals surface area contributed by atoms with Gasteiger partial charge in [-0.05, 0) is 42.9 Å². The largest absolute Gasteiger partial charge is 0.310 e. The zero-order valence-corrected chi connectivity index (χ0v) is 12.3. The second-order valence-corrected chi connectivity index (χ2v) is 7.16. The van der Waals surface area contributed by atoms with Crippen molar-refractivity contribution in [1.82, 2.24) is 5.32 Å². The van der Waals surface area contributed by atoms with Crippen LogP contribution in [0.1, 0.15) is 72.6 Å². The minimum atomic E-state index is 0.516. The highest BCUT2D eigenvalue weighted by Gasteiger charge is 2.37. The van der Waals surface area contributed by atoms with Crippen LogP contribution in [0.25, 0.3) is 0 Å². The Labute approximate surface area is 108 Å². The third kappa shape index (κ3) is 2.86. The second kappa shape index (κ2) is 5.30. The van der Waals surface area contributed by atoms with Crippen molar-refractivity contribution in [3.05, 3.63) is 0 Å². The lowest BCUT2D eigenvalue weighted by Gasteiger charge is -2.41. The van der Waals surface area contributed by atoms with E-state index in [4.69, 9.17) is 0 Å². The summed E-state index contributed by atoms with van der Waals surface area (Å²) in [5.74, 6) is 1.86. The van der Waals surface area contributed by atoms with E-state index < -0.39 is 0 Å². The Morgan fingerprint density at radius 2 is 1.88 bits per heavy atom. The van der Waals surface area contributed by atoms with Gasteiger partial charge in [0.25, 0.3) is 0 Å². The fraction of sp³-hybridized carbons (Fsp3) is 1.00. The predicted octanol–water partition coefficient (Wildman–Crippen LogP) is 4.37. The first-order valence-corrected chi connectivity index (χ1v) is 7.80. The topological polar surface area (TPSA) is 12.0 Å². The van der Waals surface area contributed by atoms with Gasteiger partial charge in [0.1, 0.15) is 0 Å². The zero-order chi connectivity index (χ0) is 12.5. The van der Waals surface area contributed by atoms with Crippen molar-refractivity contribution in [3.8, 4) is 0 Å². The van der Waals surface area contributed by atoms with Crippen molar-refractivity contribution in [3.63, 3.8) is 0 Å². The summed E-state index contributed by atoms with van der Waals surface area (Å²) in [6, 6.07) is 1.56. The van der Waals surface area contributed by atoms with Gasteiger partial charge < -0.3 is 5.32 Å². The van der Waals surface area contributed by atoms with Gasteiger partial charge in [-0.3, -0.25) is 0 Å². The van der Waals surface area contributed by atoms with Gasteiger partial charge in [-0.2, -0.15) is 0 Å². The third-order valence-corrected chi connectivity index (χ3v) is 5.67. The normalized spacial score (nSPS) is 41.6. The molecule has 0 radical (unpaired) electrons. The lowest BCUT2D eigenvalue weighted by molar-refractivity contribution is 0.145. The fourth-order valence-corrected chi connectivity index (χ4v) is 4.12. The van der Waals surface area contributed by atoms with E-state index in [0.717, 1.165) is 23.9 Å². The van der Waals surface area contributed by atoms with Gasteiger partial charge in [-0.25, -0.2) is 0 Å². The number of hydrogen-bond acceptors (Lipinski definition) is 1. The summed E-state index contributed by atoms with van der Waals surface area (Å²) in [7, 11) is 0. The number of hydrogen-bond donors (Lipinski definition) is 1. The molecule has 0 amide bonds. The Morgan fingerprint density at radius 1 is 1.12 bits per heavy atom. The van der Waals surface area contributed by atoms with E-state index in [1.54, 1.807) is 0 Å². The monoisotopic (exact) mass is 237 g/mol. The van der Waals surface area contributed by atoms with Crippen molar-refractivity contribution in [1.29, 1.82) is 0 Å². The maximum Gasteiger partial charge on any atom is 0.0121 e. The second-order valence-electron chi connectivity index (χ2n) is 7.16. The average Bonchev–Trinajstić information content (AvgIpc) is 2.63. The van der Waals surface area contributed by atoms with E-state index in [-0.39, 0.29) is 0 Å². The van der Waals surface area contributed by atoms with Gasteiger partial charge in [-0.15, -0.1) is 0 Å². The van der Waals surface area contributed by atoms with Gasteiger partial charge in [-0.1, -0.05) is 47.0 Å². The molecule has 0 heterocycles. The predicted molar refractivity (Wildman–Crippen MR) is 75.1 cm³/mol. The van der Waals surface area contributed by atoms with Gasteiger partial charge in [0.15, 0.2) is 0 Å². The standard InChI is InChI=1S/C16H31N/c1-5-13-9-10-14(12(13)2)17-15-8-6-7-11-16(15,3)4/h12-15,17H,5-11H2,1-4H3. The van der Waals surface area contributed by atoms with Crippen LogP contribution in [0.5, 0.6) is 0 Å². The van der Waals surface area contributed by atoms with Crippen molar-refractivity contribution < 1.29 is 0 Å². The van der Waals surface area contributed by atoms with Crippen molar-refractivity contribution in [2.45, 2.75) is 84.7 Å². The summed E-state index contributed by atoms with van der Waals surface area (Å²) in [6.45, 7) is 9.74. The molecule has 1 nitrogen and oxygen atoms in total. The van der Waals surface area contributed by atoms with E-state index in [2.05, 4.69) is 33.0 Å². The molecule has 0 aromatic heterocycles. The fourth-order valence-electron chi connectivity index (χ4n) is 4.12. The minimum Gasteiger partial charge on any atom is -0.310 e. The molecule has 0 bridgehead atoms. The molecule has 0 aromatic rings. The van der Waals surface area contributed by atoms with Crippen LogP contribution in [-0.4, -0.2) is 12.1 Å². The molecule has 1 N–H and O–H groups in total. The van der Waals surface area contributed by atoms with Gasteiger partial charge in [0.05, 0.1) is 0 Å². The molecule has 100 valence electrons. The molecule has 17 heavy (non-hydrogen) atoms. The van der Waals surface area contributed by atoms with Crippen LogP contribution in [-0.2, 0) is 0 Å². The van der Waals surface area contributed by atoms with Crippen LogP contribution in [0.4, 0.5) is 0 Å². The molecule has 1 heteroatoms. The first kappa shape index (κ1) is 13.4. The molecule has 2 saturated carbocycles. The summed E-state index contributed by atoms with van der Waals surface area (Å²) < 4.78 is 0. The maximum atomic E-state index is 4.02. The molecule has 0 spiro atoms. The first-order chi connectivity index (χ1) is 8.04. The van der Waals surface area contributed by atoms with Crippen LogP contribution in [0.15, 0.2) is 0 Å². The highest BCUT2D eigenvalue weighted by Crippen LogP contribution is 2.39. The number of rotatable bonds is 3.